The molecule has 0 aliphatic carbocycles. The van der Waals surface area contributed by atoms with Gasteiger partial charge in [0.1, 0.15) is 5.56 Å². The Bertz CT molecular complexity index is 416. The Morgan fingerprint density at radius 3 is 2.65 bits per heavy atom. The Kier molecular flexibility index (Phi) is 4.45. The lowest BCUT2D eigenvalue weighted by atomic mass is 10.1. The van der Waals surface area contributed by atoms with Crippen molar-refractivity contribution in [2.45, 2.75) is 13.8 Å². The average Bonchev–Trinajstić information content (AvgIpc) is 2.14. The number of aromatic nitrogens is 1. The van der Waals surface area contributed by atoms with Crippen LogP contribution >= 0.6 is 0 Å². The number of nitrogens with zero attached hydrogens (tertiary/aromatic N) is 2. The van der Waals surface area contributed by atoms with E-state index in [9.17, 15) is 4.79 Å². The standard InChI is InChI=1S/C12H19N3O2/c1-8-7-10(13-5-6-15(3)4)11(12(16)17)9(2)14-8/h7H,5-6H2,1-4H3,(H,13,14)(H,16,17). The summed E-state index contributed by atoms with van der Waals surface area (Å²) in [5.74, 6) is -0.942. The van der Waals surface area contributed by atoms with Crippen LogP contribution < -0.4 is 5.32 Å². The summed E-state index contributed by atoms with van der Waals surface area (Å²) in [5.41, 5.74) is 2.27. The smallest absolute Gasteiger partial charge is 0.339 e. The minimum Gasteiger partial charge on any atom is -0.478 e. The Hall–Kier alpha value is -1.62. The van der Waals surface area contributed by atoms with Crippen LogP contribution in [0.25, 0.3) is 0 Å². The Morgan fingerprint density at radius 2 is 2.12 bits per heavy atom. The van der Waals surface area contributed by atoms with E-state index >= 15 is 0 Å². The Morgan fingerprint density at radius 1 is 1.47 bits per heavy atom. The summed E-state index contributed by atoms with van der Waals surface area (Å²) in [6, 6.07) is 1.77. The second kappa shape index (κ2) is 5.63. The fourth-order valence-electron chi connectivity index (χ4n) is 1.65. The molecule has 0 radical (unpaired) electrons. The molecule has 0 bridgehead atoms. The average molecular weight is 237 g/mol. The molecule has 0 fully saturated rings. The molecule has 0 amide bonds. The number of anilines is 1. The van der Waals surface area contributed by atoms with E-state index in [1.165, 1.54) is 0 Å². The lowest BCUT2D eigenvalue weighted by Gasteiger charge is -2.14. The zero-order valence-corrected chi connectivity index (χ0v) is 10.7. The molecule has 0 aliphatic rings. The number of aromatic carboxylic acids is 1. The first-order valence-corrected chi connectivity index (χ1v) is 5.52. The SMILES string of the molecule is Cc1cc(NCCN(C)C)c(C(=O)O)c(C)n1. The number of carboxylic acid groups (broad SMARTS) is 1. The largest absolute Gasteiger partial charge is 0.478 e. The Labute approximate surface area is 101 Å². The van der Waals surface area contributed by atoms with Gasteiger partial charge in [0.2, 0.25) is 0 Å². The van der Waals surface area contributed by atoms with Crippen LogP contribution in [0.1, 0.15) is 21.7 Å². The van der Waals surface area contributed by atoms with Crippen molar-refractivity contribution in [2.75, 3.05) is 32.5 Å². The van der Waals surface area contributed by atoms with Gasteiger partial charge in [-0.25, -0.2) is 4.79 Å². The van der Waals surface area contributed by atoms with Gasteiger partial charge in [-0.15, -0.1) is 0 Å². The Balaban J connectivity index is 2.92. The zero-order valence-electron chi connectivity index (χ0n) is 10.7. The maximum atomic E-state index is 11.2. The van der Waals surface area contributed by atoms with Gasteiger partial charge in [0, 0.05) is 18.8 Å². The number of pyridine rings is 1. The molecule has 0 atom stereocenters. The molecule has 0 aliphatic heterocycles. The highest BCUT2D eigenvalue weighted by molar-refractivity contribution is 5.95. The molecule has 1 heterocycles. The molecule has 0 saturated carbocycles. The first-order chi connectivity index (χ1) is 7.91. The predicted octanol–water partition coefficient (Wildman–Crippen LogP) is 1.37. The van der Waals surface area contributed by atoms with Crippen LogP contribution in [0.4, 0.5) is 5.69 Å². The third-order valence-electron chi connectivity index (χ3n) is 2.42. The summed E-state index contributed by atoms with van der Waals surface area (Å²) in [6.45, 7) is 5.12. The van der Waals surface area contributed by atoms with Crippen molar-refractivity contribution < 1.29 is 9.90 Å². The summed E-state index contributed by atoms with van der Waals surface area (Å²) in [5, 5.41) is 12.3. The van der Waals surface area contributed by atoms with Gasteiger partial charge in [-0.3, -0.25) is 4.98 Å². The van der Waals surface area contributed by atoms with Crippen molar-refractivity contribution in [2.24, 2.45) is 0 Å². The summed E-state index contributed by atoms with van der Waals surface area (Å²) in [4.78, 5) is 17.4. The fourth-order valence-corrected chi connectivity index (χ4v) is 1.65. The summed E-state index contributed by atoms with van der Waals surface area (Å²) >= 11 is 0. The van der Waals surface area contributed by atoms with Gasteiger partial charge in [-0.1, -0.05) is 0 Å². The molecule has 0 spiro atoms. The first-order valence-electron chi connectivity index (χ1n) is 5.52. The molecule has 17 heavy (non-hydrogen) atoms. The molecule has 5 nitrogen and oxygen atoms in total. The van der Waals surface area contributed by atoms with Gasteiger partial charge in [0.15, 0.2) is 0 Å². The summed E-state index contributed by atoms with van der Waals surface area (Å²) in [7, 11) is 3.95. The number of aryl methyl sites for hydroxylation is 2. The number of nitrogens with one attached hydrogen (secondary N) is 1. The lowest BCUT2D eigenvalue weighted by molar-refractivity contribution is 0.0696. The number of carboxylic acids is 1. The van der Waals surface area contributed by atoms with Gasteiger partial charge in [0.25, 0.3) is 0 Å². The highest BCUT2D eigenvalue weighted by atomic mass is 16.4. The molecule has 0 aromatic carbocycles. The van der Waals surface area contributed by atoms with Crippen LogP contribution in [0.2, 0.25) is 0 Å². The minimum absolute atomic E-state index is 0.259. The lowest BCUT2D eigenvalue weighted by Crippen LogP contribution is -2.22. The number of hydrogen-bond acceptors (Lipinski definition) is 4. The van der Waals surface area contributed by atoms with E-state index in [0.29, 0.717) is 17.9 Å². The molecule has 1 aromatic rings. The van der Waals surface area contributed by atoms with Crippen LogP contribution in [-0.2, 0) is 0 Å². The highest BCUT2D eigenvalue weighted by Crippen LogP contribution is 2.19. The van der Waals surface area contributed by atoms with Crippen molar-refractivity contribution in [1.29, 1.82) is 0 Å². The van der Waals surface area contributed by atoms with Crippen molar-refractivity contribution in [1.82, 2.24) is 9.88 Å². The third kappa shape index (κ3) is 3.71. The number of hydrogen-bond donors (Lipinski definition) is 2. The molecule has 1 aromatic heterocycles. The topological polar surface area (TPSA) is 65.5 Å². The minimum atomic E-state index is -0.942. The van der Waals surface area contributed by atoms with E-state index < -0.39 is 5.97 Å². The summed E-state index contributed by atoms with van der Waals surface area (Å²) < 4.78 is 0. The van der Waals surface area contributed by atoms with E-state index in [1.807, 2.05) is 25.9 Å². The van der Waals surface area contributed by atoms with E-state index in [4.69, 9.17) is 5.11 Å². The van der Waals surface area contributed by atoms with Crippen molar-refractivity contribution in [3.05, 3.63) is 23.0 Å². The molecule has 2 N–H and O–H groups in total. The van der Waals surface area contributed by atoms with Gasteiger partial charge in [-0.05, 0) is 34.0 Å². The van der Waals surface area contributed by atoms with Gasteiger partial charge in [-0.2, -0.15) is 0 Å². The van der Waals surface area contributed by atoms with Gasteiger partial charge < -0.3 is 15.3 Å². The molecule has 1 rings (SSSR count). The second-order valence-electron chi connectivity index (χ2n) is 4.31. The van der Waals surface area contributed by atoms with Crippen LogP contribution in [-0.4, -0.2) is 48.1 Å². The maximum absolute atomic E-state index is 11.2. The van der Waals surface area contributed by atoms with E-state index in [0.717, 1.165) is 12.2 Å². The predicted molar refractivity (Wildman–Crippen MR) is 67.7 cm³/mol. The normalized spacial score (nSPS) is 10.6. The second-order valence-corrected chi connectivity index (χ2v) is 4.31. The van der Waals surface area contributed by atoms with Crippen LogP contribution in [0.5, 0.6) is 0 Å². The quantitative estimate of drug-likeness (QED) is 0.809. The van der Waals surface area contributed by atoms with Gasteiger partial charge in [0.05, 0.1) is 11.4 Å². The molecule has 94 valence electrons. The van der Waals surface area contributed by atoms with Crippen LogP contribution in [0, 0.1) is 13.8 Å². The van der Waals surface area contributed by atoms with Crippen molar-refractivity contribution in [3.8, 4) is 0 Å². The van der Waals surface area contributed by atoms with Crippen molar-refractivity contribution in [3.63, 3.8) is 0 Å². The zero-order chi connectivity index (χ0) is 13.0. The fraction of sp³-hybridized carbons (Fsp3) is 0.500. The van der Waals surface area contributed by atoms with E-state index in [-0.39, 0.29) is 5.56 Å². The molecule has 0 saturated heterocycles. The molecule has 0 unspecified atom stereocenters. The molecule has 5 heteroatoms. The molecular formula is C12H19N3O2. The van der Waals surface area contributed by atoms with Crippen LogP contribution in [0.15, 0.2) is 6.07 Å². The number of likely N-dealkylation sites (N-methyl/N-ethyl adjacent to an activating group) is 1. The van der Waals surface area contributed by atoms with Crippen molar-refractivity contribution >= 4 is 11.7 Å². The first kappa shape index (κ1) is 13.4. The number of carbonyl (C=O) groups is 1. The van der Waals surface area contributed by atoms with E-state index in [1.54, 1.807) is 13.0 Å². The highest BCUT2D eigenvalue weighted by Gasteiger charge is 2.14. The van der Waals surface area contributed by atoms with E-state index in [2.05, 4.69) is 10.3 Å². The summed E-state index contributed by atoms with van der Waals surface area (Å²) in [6.07, 6.45) is 0. The van der Waals surface area contributed by atoms with Gasteiger partial charge >= 0.3 is 5.97 Å². The number of rotatable bonds is 5. The third-order valence-corrected chi connectivity index (χ3v) is 2.42. The molecular weight excluding hydrogens is 218 g/mol. The monoisotopic (exact) mass is 237 g/mol. The van der Waals surface area contributed by atoms with Crippen LogP contribution in [0.3, 0.4) is 0 Å². The maximum Gasteiger partial charge on any atom is 0.339 e.